The SMILES string of the molecule is C=CCC(O)(/C=C/c1c2ccccc2cc2ccccc12)c1ccccc1. The fraction of sp³-hybridized carbons (Fsp3) is 0.0769. The molecule has 0 saturated heterocycles. The molecule has 132 valence electrons. The summed E-state index contributed by atoms with van der Waals surface area (Å²) in [6, 6.07) is 28.7. The zero-order valence-electron chi connectivity index (χ0n) is 15.2. The van der Waals surface area contributed by atoms with Gasteiger partial charge in [0.1, 0.15) is 5.60 Å². The third-order valence-corrected chi connectivity index (χ3v) is 5.07. The second-order valence-corrected chi connectivity index (χ2v) is 6.85. The fourth-order valence-electron chi connectivity index (χ4n) is 3.68. The Balaban J connectivity index is 1.91. The van der Waals surface area contributed by atoms with E-state index in [1.54, 1.807) is 6.08 Å². The van der Waals surface area contributed by atoms with Crippen molar-refractivity contribution in [3.05, 3.63) is 115 Å². The van der Waals surface area contributed by atoms with E-state index in [1.807, 2.05) is 36.4 Å². The summed E-state index contributed by atoms with van der Waals surface area (Å²) >= 11 is 0. The van der Waals surface area contributed by atoms with E-state index in [4.69, 9.17) is 0 Å². The zero-order valence-corrected chi connectivity index (χ0v) is 15.2. The molecule has 0 aliphatic rings. The van der Waals surface area contributed by atoms with Crippen molar-refractivity contribution in [3.63, 3.8) is 0 Å². The van der Waals surface area contributed by atoms with Crippen molar-refractivity contribution >= 4 is 27.6 Å². The van der Waals surface area contributed by atoms with Crippen LogP contribution >= 0.6 is 0 Å². The molecule has 0 fully saturated rings. The molecule has 0 spiro atoms. The van der Waals surface area contributed by atoms with Gasteiger partial charge in [-0.05, 0) is 44.8 Å². The van der Waals surface area contributed by atoms with Crippen molar-refractivity contribution in [2.45, 2.75) is 12.0 Å². The van der Waals surface area contributed by atoms with E-state index in [1.165, 1.54) is 21.5 Å². The molecule has 1 unspecified atom stereocenters. The monoisotopic (exact) mass is 350 g/mol. The van der Waals surface area contributed by atoms with E-state index in [-0.39, 0.29) is 0 Å². The first-order valence-electron chi connectivity index (χ1n) is 9.20. The lowest BCUT2D eigenvalue weighted by molar-refractivity contribution is 0.0938. The van der Waals surface area contributed by atoms with Gasteiger partial charge in [0.25, 0.3) is 0 Å². The Hall–Kier alpha value is -3.16. The zero-order chi connectivity index (χ0) is 18.7. The van der Waals surface area contributed by atoms with Crippen LogP contribution in [-0.2, 0) is 5.60 Å². The Labute approximate surface area is 159 Å². The predicted octanol–water partition coefficient (Wildman–Crippen LogP) is 6.47. The van der Waals surface area contributed by atoms with Gasteiger partial charge in [0.05, 0.1) is 0 Å². The van der Waals surface area contributed by atoms with E-state index >= 15 is 0 Å². The number of fused-ring (bicyclic) bond motifs is 2. The molecule has 0 amide bonds. The van der Waals surface area contributed by atoms with E-state index < -0.39 is 5.60 Å². The van der Waals surface area contributed by atoms with Crippen LogP contribution in [0.2, 0.25) is 0 Å². The van der Waals surface area contributed by atoms with Crippen molar-refractivity contribution in [3.8, 4) is 0 Å². The number of hydrogen-bond donors (Lipinski definition) is 1. The molecule has 1 heteroatoms. The molecule has 27 heavy (non-hydrogen) atoms. The molecule has 1 atom stereocenters. The minimum absolute atomic E-state index is 0.455. The Morgan fingerprint density at radius 3 is 1.93 bits per heavy atom. The van der Waals surface area contributed by atoms with Crippen molar-refractivity contribution in [2.24, 2.45) is 0 Å². The van der Waals surface area contributed by atoms with E-state index in [2.05, 4.69) is 67.3 Å². The van der Waals surface area contributed by atoms with Gasteiger partial charge in [-0.15, -0.1) is 6.58 Å². The van der Waals surface area contributed by atoms with Crippen molar-refractivity contribution in [1.82, 2.24) is 0 Å². The normalized spacial score (nSPS) is 13.8. The molecule has 0 radical (unpaired) electrons. The maximum Gasteiger partial charge on any atom is 0.111 e. The van der Waals surface area contributed by atoms with Gasteiger partial charge >= 0.3 is 0 Å². The maximum atomic E-state index is 11.3. The van der Waals surface area contributed by atoms with Crippen molar-refractivity contribution in [2.75, 3.05) is 0 Å². The molecule has 0 heterocycles. The van der Waals surface area contributed by atoms with Crippen LogP contribution in [0.1, 0.15) is 17.5 Å². The van der Waals surface area contributed by atoms with Crippen LogP contribution < -0.4 is 0 Å². The van der Waals surface area contributed by atoms with Gasteiger partial charge in [-0.25, -0.2) is 0 Å². The van der Waals surface area contributed by atoms with Crippen LogP contribution in [0.15, 0.2) is 104 Å². The van der Waals surface area contributed by atoms with Gasteiger partial charge in [-0.3, -0.25) is 0 Å². The highest BCUT2D eigenvalue weighted by atomic mass is 16.3. The largest absolute Gasteiger partial charge is 0.381 e. The molecule has 0 aliphatic heterocycles. The highest BCUT2D eigenvalue weighted by Crippen LogP contribution is 2.33. The average Bonchev–Trinajstić information content (AvgIpc) is 2.72. The van der Waals surface area contributed by atoms with Gasteiger partial charge in [-0.1, -0.05) is 91.0 Å². The standard InChI is InChI=1S/C26H22O/c1-2-17-26(27,22-12-4-3-5-13-22)18-16-25-23-14-8-6-10-20(23)19-21-11-7-9-15-24(21)25/h2-16,18-19,27H,1,17H2/b18-16+. The molecular weight excluding hydrogens is 328 g/mol. The smallest absolute Gasteiger partial charge is 0.111 e. The van der Waals surface area contributed by atoms with Crippen LogP contribution in [0.5, 0.6) is 0 Å². The average molecular weight is 350 g/mol. The summed E-state index contributed by atoms with van der Waals surface area (Å²) in [6.45, 7) is 3.83. The third-order valence-electron chi connectivity index (χ3n) is 5.07. The summed E-state index contributed by atoms with van der Waals surface area (Å²) in [7, 11) is 0. The Morgan fingerprint density at radius 1 is 0.778 bits per heavy atom. The van der Waals surface area contributed by atoms with E-state index in [0.29, 0.717) is 6.42 Å². The quantitative estimate of drug-likeness (QED) is 0.323. The third kappa shape index (κ3) is 3.30. The summed E-state index contributed by atoms with van der Waals surface area (Å²) in [5.74, 6) is 0. The van der Waals surface area contributed by atoms with Gasteiger partial charge in [0.15, 0.2) is 0 Å². The van der Waals surface area contributed by atoms with Crippen molar-refractivity contribution in [1.29, 1.82) is 0 Å². The minimum atomic E-state index is -1.08. The highest BCUT2D eigenvalue weighted by molar-refractivity contribution is 6.06. The lowest BCUT2D eigenvalue weighted by Crippen LogP contribution is -2.21. The topological polar surface area (TPSA) is 20.2 Å². The molecular formula is C26H22O. The van der Waals surface area contributed by atoms with E-state index in [0.717, 1.165) is 11.1 Å². The first-order valence-corrected chi connectivity index (χ1v) is 9.20. The summed E-state index contributed by atoms with van der Waals surface area (Å²) in [5, 5.41) is 16.1. The fourth-order valence-corrected chi connectivity index (χ4v) is 3.68. The minimum Gasteiger partial charge on any atom is -0.381 e. The van der Waals surface area contributed by atoms with Gasteiger partial charge in [0.2, 0.25) is 0 Å². The van der Waals surface area contributed by atoms with Crippen LogP contribution in [-0.4, -0.2) is 5.11 Å². The second-order valence-electron chi connectivity index (χ2n) is 6.85. The lowest BCUT2D eigenvalue weighted by atomic mass is 9.88. The summed E-state index contributed by atoms with van der Waals surface area (Å²) < 4.78 is 0. The Bertz CT molecular complexity index is 1070. The molecule has 0 saturated carbocycles. The molecule has 1 nitrogen and oxygen atoms in total. The van der Waals surface area contributed by atoms with E-state index in [9.17, 15) is 5.11 Å². The number of hydrogen-bond acceptors (Lipinski definition) is 1. The Morgan fingerprint density at radius 2 is 1.33 bits per heavy atom. The molecule has 4 rings (SSSR count). The predicted molar refractivity (Wildman–Crippen MR) is 116 cm³/mol. The van der Waals surface area contributed by atoms with Crippen LogP contribution in [0, 0.1) is 0 Å². The summed E-state index contributed by atoms with van der Waals surface area (Å²) in [5.41, 5.74) is 0.911. The lowest BCUT2D eigenvalue weighted by Gasteiger charge is -2.24. The second kappa shape index (κ2) is 7.22. The number of aliphatic hydroxyl groups is 1. The highest BCUT2D eigenvalue weighted by Gasteiger charge is 2.24. The van der Waals surface area contributed by atoms with Crippen LogP contribution in [0.25, 0.3) is 27.6 Å². The summed E-state index contributed by atoms with van der Waals surface area (Å²) in [4.78, 5) is 0. The first-order chi connectivity index (χ1) is 13.2. The molecule has 0 aliphatic carbocycles. The number of benzene rings is 4. The molecule has 1 N–H and O–H groups in total. The molecule has 4 aromatic carbocycles. The maximum absolute atomic E-state index is 11.3. The number of rotatable bonds is 5. The van der Waals surface area contributed by atoms with Crippen LogP contribution in [0.3, 0.4) is 0 Å². The first kappa shape index (κ1) is 17.3. The van der Waals surface area contributed by atoms with Crippen LogP contribution in [0.4, 0.5) is 0 Å². The van der Waals surface area contributed by atoms with Gasteiger partial charge in [0, 0.05) is 6.42 Å². The molecule has 4 aromatic rings. The van der Waals surface area contributed by atoms with Gasteiger partial charge in [-0.2, -0.15) is 0 Å². The molecule has 0 bridgehead atoms. The summed E-state index contributed by atoms with van der Waals surface area (Å²) in [6.07, 6.45) is 6.17. The van der Waals surface area contributed by atoms with Crippen molar-refractivity contribution < 1.29 is 5.11 Å². The molecule has 0 aromatic heterocycles. The Kier molecular flexibility index (Phi) is 4.62. The van der Waals surface area contributed by atoms with Gasteiger partial charge < -0.3 is 5.11 Å².